The minimum atomic E-state index is -1.09. The van der Waals surface area contributed by atoms with Crippen molar-refractivity contribution in [1.82, 2.24) is 10.2 Å². The van der Waals surface area contributed by atoms with Crippen LogP contribution in [0.2, 0.25) is 19.6 Å². The fraction of sp³-hybridized carbons (Fsp3) is 0.357. The zero-order valence-electron chi connectivity index (χ0n) is 13.1. The summed E-state index contributed by atoms with van der Waals surface area (Å²) < 4.78 is 0.989. The van der Waals surface area contributed by atoms with Crippen molar-refractivity contribution in [3.8, 4) is 0 Å². The van der Waals surface area contributed by atoms with E-state index in [-0.39, 0.29) is 5.91 Å². The fourth-order valence-electron chi connectivity index (χ4n) is 1.60. The van der Waals surface area contributed by atoms with Crippen LogP contribution in [0.25, 0.3) is 0 Å². The Balaban J connectivity index is 1.99. The Kier molecular flexibility index (Phi) is 5.60. The van der Waals surface area contributed by atoms with Gasteiger partial charge in [-0.15, -0.1) is 10.2 Å². The molecule has 22 heavy (non-hydrogen) atoms. The van der Waals surface area contributed by atoms with E-state index in [0.717, 1.165) is 26.2 Å². The number of amides is 1. The van der Waals surface area contributed by atoms with Crippen molar-refractivity contribution in [2.24, 2.45) is 0 Å². The van der Waals surface area contributed by atoms with Crippen LogP contribution in [0.4, 0.5) is 16.5 Å². The Morgan fingerprint density at radius 3 is 2.68 bits per heavy atom. The Morgan fingerprint density at radius 2 is 2.00 bits per heavy atom. The molecule has 2 N–H and O–H groups in total. The molecule has 0 bridgehead atoms. The molecule has 1 heterocycles. The van der Waals surface area contributed by atoms with Crippen molar-refractivity contribution in [2.45, 2.75) is 30.9 Å². The normalized spacial score (nSPS) is 11.3. The molecular formula is C14H20N4OS2Si. The molecule has 0 aliphatic rings. The van der Waals surface area contributed by atoms with Gasteiger partial charge < -0.3 is 10.6 Å². The molecule has 0 unspecified atom stereocenters. The monoisotopic (exact) mass is 352 g/mol. The van der Waals surface area contributed by atoms with E-state index in [1.165, 1.54) is 6.92 Å². The maximum absolute atomic E-state index is 11.1. The molecule has 0 spiro atoms. The number of thioether (sulfide) groups is 1. The fourth-order valence-corrected chi connectivity index (χ4v) is 5.42. The summed E-state index contributed by atoms with van der Waals surface area (Å²) in [4.78, 5) is 11.1. The molecule has 0 atom stereocenters. The minimum Gasteiger partial charge on any atom is -0.330 e. The van der Waals surface area contributed by atoms with E-state index in [4.69, 9.17) is 0 Å². The number of nitrogens with zero attached hydrogens (tertiary/aromatic N) is 2. The molecule has 0 saturated heterocycles. The molecular weight excluding hydrogens is 332 g/mol. The Bertz CT molecular complexity index is 654. The van der Waals surface area contributed by atoms with Crippen molar-refractivity contribution in [3.05, 3.63) is 24.3 Å². The van der Waals surface area contributed by atoms with Crippen LogP contribution < -0.4 is 10.6 Å². The molecule has 0 aliphatic carbocycles. The summed E-state index contributed by atoms with van der Waals surface area (Å²) in [6, 6.07) is 7.54. The zero-order valence-corrected chi connectivity index (χ0v) is 15.8. The summed E-state index contributed by atoms with van der Waals surface area (Å²) in [7, 11) is -1.09. The second-order valence-corrected chi connectivity index (χ2v) is 14.3. The van der Waals surface area contributed by atoms with E-state index in [1.54, 1.807) is 23.1 Å². The quantitative estimate of drug-likeness (QED) is 0.602. The van der Waals surface area contributed by atoms with Gasteiger partial charge in [0.25, 0.3) is 0 Å². The molecule has 1 aromatic carbocycles. The van der Waals surface area contributed by atoms with Crippen molar-refractivity contribution in [2.75, 3.05) is 16.0 Å². The van der Waals surface area contributed by atoms with Gasteiger partial charge in [-0.3, -0.25) is 4.79 Å². The molecule has 2 rings (SSSR count). The lowest BCUT2D eigenvalue weighted by Gasteiger charge is -2.12. The number of hydrogen-bond acceptors (Lipinski definition) is 6. The standard InChI is InChI=1S/C14H20N4OS2Si/c1-10(19)15-11-6-5-7-12(8-11)16-13-17-18-14(21-13)20-9-22(2,3)4/h5-8H,9H2,1-4H3,(H,15,19)(H,16,17). The zero-order chi connectivity index (χ0) is 16.2. The van der Waals surface area contributed by atoms with E-state index in [0.29, 0.717) is 0 Å². The van der Waals surface area contributed by atoms with Crippen molar-refractivity contribution in [1.29, 1.82) is 0 Å². The second kappa shape index (κ2) is 7.25. The predicted molar refractivity (Wildman–Crippen MR) is 98.0 cm³/mol. The molecule has 118 valence electrons. The Labute approximate surface area is 139 Å². The molecule has 0 fully saturated rings. The first-order valence-electron chi connectivity index (χ1n) is 6.93. The molecule has 0 saturated carbocycles. The molecule has 2 aromatic rings. The average molecular weight is 353 g/mol. The van der Waals surface area contributed by atoms with Crippen LogP contribution in [0.5, 0.6) is 0 Å². The van der Waals surface area contributed by atoms with Gasteiger partial charge in [0.05, 0.1) is 8.07 Å². The lowest BCUT2D eigenvalue weighted by molar-refractivity contribution is -0.114. The van der Waals surface area contributed by atoms with Crippen LogP contribution in [0.1, 0.15) is 6.92 Å². The highest BCUT2D eigenvalue weighted by Gasteiger charge is 2.15. The van der Waals surface area contributed by atoms with Crippen LogP contribution in [-0.4, -0.2) is 29.6 Å². The SMILES string of the molecule is CC(=O)Nc1cccc(Nc2nnc(SC[Si](C)(C)C)s2)c1. The molecule has 5 nitrogen and oxygen atoms in total. The summed E-state index contributed by atoms with van der Waals surface area (Å²) in [6.45, 7) is 8.52. The molecule has 8 heteroatoms. The van der Waals surface area contributed by atoms with Crippen LogP contribution in [0.3, 0.4) is 0 Å². The lowest BCUT2D eigenvalue weighted by atomic mass is 10.3. The van der Waals surface area contributed by atoms with Gasteiger partial charge >= 0.3 is 0 Å². The smallest absolute Gasteiger partial charge is 0.221 e. The minimum absolute atomic E-state index is 0.0851. The summed E-state index contributed by atoms with van der Waals surface area (Å²) >= 11 is 3.33. The number of carbonyl (C=O) groups excluding carboxylic acids is 1. The van der Waals surface area contributed by atoms with Crippen LogP contribution in [0, 0.1) is 0 Å². The van der Waals surface area contributed by atoms with Gasteiger partial charge in [-0.25, -0.2) is 0 Å². The first-order valence-corrected chi connectivity index (χ1v) is 12.4. The first kappa shape index (κ1) is 17.0. The van der Waals surface area contributed by atoms with Crippen molar-refractivity contribution >= 4 is 53.6 Å². The third-order valence-electron chi connectivity index (χ3n) is 2.47. The van der Waals surface area contributed by atoms with Crippen LogP contribution >= 0.6 is 23.1 Å². The Hall–Kier alpha value is -1.38. The van der Waals surface area contributed by atoms with Gasteiger partial charge in [0, 0.05) is 18.3 Å². The number of carbonyl (C=O) groups is 1. The van der Waals surface area contributed by atoms with Crippen LogP contribution in [0.15, 0.2) is 28.6 Å². The average Bonchev–Trinajstić information content (AvgIpc) is 2.83. The van der Waals surface area contributed by atoms with Gasteiger partial charge in [-0.1, -0.05) is 48.8 Å². The van der Waals surface area contributed by atoms with Crippen molar-refractivity contribution in [3.63, 3.8) is 0 Å². The second-order valence-electron chi connectivity index (χ2n) is 6.11. The third kappa shape index (κ3) is 5.78. The van der Waals surface area contributed by atoms with E-state index < -0.39 is 8.07 Å². The summed E-state index contributed by atoms with van der Waals surface area (Å²) in [6.07, 6.45) is 0. The topological polar surface area (TPSA) is 66.9 Å². The first-order chi connectivity index (χ1) is 10.3. The maximum Gasteiger partial charge on any atom is 0.221 e. The number of rotatable bonds is 6. The van der Waals surface area contributed by atoms with Crippen LogP contribution in [-0.2, 0) is 4.79 Å². The van der Waals surface area contributed by atoms with E-state index >= 15 is 0 Å². The van der Waals surface area contributed by atoms with E-state index in [1.807, 2.05) is 24.3 Å². The molecule has 1 amide bonds. The molecule has 1 aromatic heterocycles. The highest BCUT2D eigenvalue weighted by molar-refractivity contribution is 8.02. The van der Waals surface area contributed by atoms with Gasteiger partial charge in [-0.2, -0.15) is 0 Å². The van der Waals surface area contributed by atoms with Gasteiger partial charge in [0.1, 0.15) is 0 Å². The summed E-state index contributed by atoms with van der Waals surface area (Å²) in [5.74, 6) is -0.0851. The highest BCUT2D eigenvalue weighted by Crippen LogP contribution is 2.29. The number of aromatic nitrogens is 2. The number of anilines is 3. The predicted octanol–water partition coefficient (Wildman–Crippen LogP) is 4.21. The molecule has 0 aliphatic heterocycles. The lowest BCUT2D eigenvalue weighted by Crippen LogP contribution is -2.23. The number of benzene rings is 1. The van der Waals surface area contributed by atoms with E-state index in [2.05, 4.69) is 40.5 Å². The largest absolute Gasteiger partial charge is 0.330 e. The van der Waals surface area contributed by atoms with Gasteiger partial charge in [0.15, 0.2) is 4.34 Å². The number of hydrogen-bond donors (Lipinski definition) is 2. The van der Waals surface area contributed by atoms with Gasteiger partial charge in [-0.05, 0) is 23.6 Å². The van der Waals surface area contributed by atoms with Crippen molar-refractivity contribution < 1.29 is 4.79 Å². The Morgan fingerprint density at radius 1 is 1.27 bits per heavy atom. The maximum atomic E-state index is 11.1. The van der Waals surface area contributed by atoms with Gasteiger partial charge in [0.2, 0.25) is 11.0 Å². The number of nitrogens with one attached hydrogen (secondary N) is 2. The summed E-state index contributed by atoms with van der Waals surface area (Å²) in [5, 5.41) is 16.3. The highest BCUT2D eigenvalue weighted by atomic mass is 32.2. The third-order valence-corrected chi connectivity index (χ3v) is 8.08. The van der Waals surface area contributed by atoms with E-state index in [9.17, 15) is 4.79 Å². The molecule has 0 radical (unpaired) electrons. The summed E-state index contributed by atoms with van der Waals surface area (Å²) in [5.41, 5.74) is 1.64.